The second-order valence-electron chi connectivity index (χ2n) is 5.07. The minimum absolute atomic E-state index is 0.0845. The molecule has 1 saturated carbocycles. The average Bonchev–Trinajstić information content (AvgIpc) is 2.55. The van der Waals surface area contributed by atoms with Crippen molar-refractivity contribution < 1.29 is 9.59 Å². The van der Waals surface area contributed by atoms with Crippen molar-refractivity contribution in [3.8, 4) is 0 Å². The third kappa shape index (κ3) is 1.32. The predicted molar refractivity (Wildman–Crippen MR) is 60.6 cm³/mol. The standard InChI is InChI=1S/C10H12N4O2S/c1-10(2)5-6(10)8(16)14(7(5)15)3-4-12-13-9(11)17-4/h5-6H,3H2,1-2H3,(H2,11,13). The third-order valence-electron chi connectivity index (χ3n) is 3.67. The quantitative estimate of drug-likeness (QED) is 0.763. The summed E-state index contributed by atoms with van der Waals surface area (Å²) in [4.78, 5) is 25.3. The fraction of sp³-hybridized carbons (Fsp3) is 0.600. The van der Waals surface area contributed by atoms with Crippen LogP contribution in [0.15, 0.2) is 0 Å². The van der Waals surface area contributed by atoms with Gasteiger partial charge in [-0.1, -0.05) is 25.2 Å². The van der Waals surface area contributed by atoms with E-state index in [4.69, 9.17) is 5.73 Å². The van der Waals surface area contributed by atoms with Gasteiger partial charge in [0, 0.05) is 0 Å². The molecule has 2 N–H and O–H groups in total. The molecule has 2 atom stereocenters. The molecule has 0 spiro atoms. The zero-order valence-electron chi connectivity index (χ0n) is 9.51. The maximum atomic E-state index is 12.0. The Kier molecular flexibility index (Phi) is 1.90. The van der Waals surface area contributed by atoms with Crippen molar-refractivity contribution in [3.63, 3.8) is 0 Å². The number of carbonyl (C=O) groups excluding carboxylic acids is 2. The summed E-state index contributed by atoms with van der Waals surface area (Å²) in [5, 5.41) is 8.44. The first-order valence-electron chi connectivity index (χ1n) is 5.36. The van der Waals surface area contributed by atoms with E-state index in [2.05, 4.69) is 10.2 Å². The number of nitrogens with zero attached hydrogens (tertiary/aromatic N) is 3. The van der Waals surface area contributed by atoms with Gasteiger partial charge in [-0.15, -0.1) is 10.2 Å². The number of rotatable bonds is 2. The Labute approximate surface area is 102 Å². The Hall–Kier alpha value is -1.50. The van der Waals surface area contributed by atoms with Crippen LogP contribution in [0.5, 0.6) is 0 Å². The number of hydrogen-bond donors (Lipinski definition) is 1. The van der Waals surface area contributed by atoms with Crippen LogP contribution in [0.4, 0.5) is 5.13 Å². The summed E-state index contributed by atoms with van der Waals surface area (Å²) in [5.41, 5.74) is 5.30. The monoisotopic (exact) mass is 252 g/mol. The molecule has 2 unspecified atom stereocenters. The lowest BCUT2D eigenvalue weighted by Gasteiger charge is -2.18. The van der Waals surface area contributed by atoms with Crippen LogP contribution in [0.3, 0.4) is 0 Å². The van der Waals surface area contributed by atoms with Crippen molar-refractivity contribution in [2.75, 3.05) is 5.73 Å². The second kappa shape index (κ2) is 3.04. The molecular formula is C10H12N4O2S. The van der Waals surface area contributed by atoms with Crippen LogP contribution in [0.25, 0.3) is 0 Å². The van der Waals surface area contributed by atoms with Gasteiger partial charge in [0.25, 0.3) is 0 Å². The number of hydrogen-bond acceptors (Lipinski definition) is 6. The fourth-order valence-corrected chi connectivity index (χ4v) is 3.22. The Morgan fingerprint density at radius 2 is 1.88 bits per heavy atom. The summed E-state index contributed by atoms with van der Waals surface area (Å²) in [6.45, 7) is 4.12. The average molecular weight is 252 g/mol. The van der Waals surface area contributed by atoms with Crippen LogP contribution in [0.2, 0.25) is 0 Å². The molecule has 1 aromatic heterocycles. The molecule has 3 rings (SSSR count). The Morgan fingerprint density at radius 1 is 1.29 bits per heavy atom. The van der Waals surface area contributed by atoms with Crippen LogP contribution >= 0.6 is 11.3 Å². The Bertz CT molecular complexity index is 500. The zero-order valence-corrected chi connectivity index (χ0v) is 10.3. The number of imide groups is 1. The first-order valence-corrected chi connectivity index (χ1v) is 6.17. The van der Waals surface area contributed by atoms with E-state index in [0.717, 1.165) is 0 Å². The molecule has 6 nitrogen and oxygen atoms in total. The first kappa shape index (κ1) is 10.6. The number of amides is 2. The molecule has 90 valence electrons. The number of nitrogens with two attached hydrogens (primary N) is 1. The maximum absolute atomic E-state index is 12.0. The van der Waals surface area contributed by atoms with Crippen LogP contribution in [-0.2, 0) is 16.1 Å². The lowest BCUT2D eigenvalue weighted by atomic mass is 10.1. The highest BCUT2D eigenvalue weighted by molar-refractivity contribution is 7.15. The molecule has 1 aliphatic carbocycles. The molecule has 0 bridgehead atoms. The maximum Gasteiger partial charge on any atom is 0.234 e. The zero-order chi connectivity index (χ0) is 12.4. The molecule has 2 aliphatic rings. The number of anilines is 1. The molecule has 2 heterocycles. The van der Waals surface area contributed by atoms with Gasteiger partial charge in [0.1, 0.15) is 5.01 Å². The van der Waals surface area contributed by atoms with Crippen LogP contribution < -0.4 is 5.73 Å². The first-order chi connectivity index (χ1) is 7.93. The lowest BCUT2D eigenvalue weighted by Crippen LogP contribution is -2.35. The van der Waals surface area contributed by atoms with E-state index < -0.39 is 0 Å². The van der Waals surface area contributed by atoms with Crippen LogP contribution in [0, 0.1) is 17.3 Å². The van der Waals surface area contributed by atoms with E-state index in [-0.39, 0.29) is 35.6 Å². The van der Waals surface area contributed by atoms with Gasteiger partial charge >= 0.3 is 0 Å². The smallest absolute Gasteiger partial charge is 0.234 e. The third-order valence-corrected chi connectivity index (χ3v) is 4.40. The van der Waals surface area contributed by atoms with Gasteiger partial charge in [-0.25, -0.2) is 0 Å². The number of piperidine rings is 1. The largest absolute Gasteiger partial charge is 0.374 e. The highest BCUT2D eigenvalue weighted by Crippen LogP contribution is 2.63. The highest BCUT2D eigenvalue weighted by Gasteiger charge is 2.72. The minimum Gasteiger partial charge on any atom is -0.374 e. The van der Waals surface area contributed by atoms with Gasteiger partial charge in [0.15, 0.2) is 0 Å². The number of nitrogen functional groups attached to an aromatic ring is 1. The van der Waals surface area contributed by atoms with E-state index in [1.165, 1.54) is 16.2 Å². The van der Waals surface area contributed by atoms with E-state index in [1.807, 2.05) is 13.8 Å². The van der Waals surface area contributed by atoms with Crippen molar-refractivity contribution in [2.45, 2.75) is 20.4 Å². The SMILES string of the molecule is CC1(C)C2C(=O)N(Cc3nnc(N)s3)C(=O)C21. The van der Waals surface area contributed by atoms with Crippen LogP contribution in [-0.4, -0.2) is 26.9 Å². The van der Waals surface area contributed by atoms with Crippen molar-refractivity contribution in [3.05, 3.63) is 5.01 Å². The van der Waals surface area contributed by atoms with E-state index in [0.29, 0.717) is 10.1 Å². The van der Waals surface area contributed by atoms with Crippen molar-refractivity contribution >= 4 is 28.3 Å². The van der Waals surface area contributed by atoms with Gasteiger partial charge in [0.2, 0.25) is 16.9 Å². The van der Waals surface area contributed by atoms with Crippen molar-refractivity contribution in [2.24, 2.45) is 17.3 Å². The molecule has 1 aromatic rings. The molecule has 2 amide bonds. The van der Waals surface area contributed by atoms with Gasteiger partial charge in [-0.2, -0.15) is 0 Å². The summed E-state index contributed by atoms with van der Waals surface area (Å²) in [5.74, 6) is -0.446. The van der Waals surface area contributed by atoms with E-state index in [1.54, 1.807) is 0 Å². The van der Waals surface area contributed by atoms with Crippen molar-refractivity contribution in [1.29, 1.82) is 0 Å². The molecule has 17 heavy (non-hydrogen) atoms. The van der Waals surface area contributed by atoms with Gasteiger partial charge < -0.3 is 5.73 Å². The minimum atomic E-state index is -0.162. The number of fused-ring (bicyclic) bond motifs is 1. The highest BCUT2D eigenvalue weighted by atomic mass is 32.1. The molecule has 2 fully saturated rings. The molecule has 0 radical (unpaired) electrons. The molecule has 1 aliphatic heterocycles. The van der Waals surface area contributed by atoms with Crippen LogP contribution in [0.1, 0.15) is 18.9 Å². The Morgan fingerprint density at radius 3 is 2.35 bits per heavy atom. The van der Waals surface area contributed by atoms with Gasteiger partial charge in [0.05, 0.1) is 18.4 Å². The fourth-order valence-electron chi connectivity index (χ4n) is 2.63. The van der Waals surface area contributed by atoms with Crippen molar-refractivity contribution in [1.82, 2.24) is 15.1 Å². The van der Waals surface area contributed by atoms with E-state index >= 15 is 0 Å². The summed E-state index contributed by atoms with van der Waals surface area (Å²) >= 11 is 1.20. The predicted octanol–water partition coefficient (Wildman–Crippen LogP) is 0.261. The Balaban J connectivity index is 1.79. The summed E-state index contributed by atoms with van der Waals surface area (Å²) in [7, 11) is 0. The number of likely N-dealkylation sites (tertiary alicyclic amines) is 1. The second-order valence-corrected chi connectivity index (χ2v) is 6.17. The summed E-state index contributed by atoms with van der Waals surface area (Å²) in [6, 6.07) is 0. The normalized spacial score (nSPS) is 29.6. The van der Waals surface area contributed by atoms with Gasteiger partial charge in [-0.05, 0) is 5.41 Å². The van der Waals surface area contributed by atoms with Gasteiger partial charge in [-0.3, -0.25) is 14.5 Å². The van der Waals surface area contributed by atoms with E-state index in [9.17, 15) is 9.59 Å². The summed E-state index contributed by atoms with van der Waals surface area (Å²) in [6.07, 6.45) is 0. The molecule has 7 heteroatoms. The number of carbonyl (C=O) groups is 2. The molecule has 1 saturated heterocycles. The topological polar surface area (TPSA) is 89.2 Å². The number of aromatic nitrogens is 2. The molecule has 0 aromatic carbocycles. The summed E-state index contributed by atoms with van der Waals surface area (Å²) < 4.78 is 0. The lowest BCUT2D eigenvalue weighted by molar-refractivity contribution is -0.143. The molecular weight excluding hydrogens is 240 g/mol.